The quantitative estimate of drug-likeness (QED) is 0.154. The summed E-state index contributed by atoms with van der Waals surface area (Å²) in [7, 11) is 0. The molecule has 10 aromatic carbocycles. The number of fused-ring (bicyclic) bond motifs is 4. The zero-order valence-corrected chi connectivity index (χ0v) is 43.5. The van der Waals surface area contributed by atoms with Crippen molar-refractivity contribution in [2.75, 3.05) is 0 Å². The van der Waals surface area contributed by atoms with E-state index in [-0.39, 0.29) is 21.7 Å². The summed E-state index contributed by atoms with van der Waals surface area (Å²) in [6, 6.07) is 74.2. The van der Waals surface area contributed by atoms with Crippen LogP contribution in [0, 0.1) is 10.4 Å². The lowest BCUT2D eigenvalue weighted by Crippen LogP contribution is -2.15. The number of rotatable bonds is 4. The molecule has 0 saturated heterocycles. The Labute approximate surface area is 416 Å². The predicted molar refractivity (Wildman–Crippen MR) is 304 cm³/mol. The molecule has 0 N–H and O–H groups in total. The van der Waals surface area contributed by atoms with E-state index in [0.29, 0.717) is 0 Å². The summed E-state index contributed by atoms with van der Waals surface area (Å²) in [4.78, 5) is 0. The van der Waals surface area contributed by atoms with Gasteiger partial charge < -0.3 is 0 Å². The molecule has 0 aliphatic heterocycles. The van der Waals surface area contributed by atoms with Crippen molar-refractivity contribution in [1.29, 1.82) is 0 Å². The number of hydrogen-bond donors (Lipinski definition) is 0. The van der Waals surface area contributed by atoms with Gasteiger partial charge >= 0.3 is 0 Å². The number of hydrogen-bond acceptors (Lipinski definition) is 0. The average Bonchev–Trinajstić information content (AvgIpc) is 3.34. The van der Waals surface area contributed by atoms with E-state index in [1.165, 1.54) is 120 Å². The van der Waals surface area contributed by atoms with Crippen LogP contribution in [0.1, 0.15) is 128 Å². The second-order valence-corrected chi connectivity index (χ2v) is 23.7. The van der Waals surface area contributed by atoms with E-state index < -0.39 is 0 Å². The molecule has 0 aromatic heterocycles. The van der Waals surface area contributed by atoms with Gasteiger partial charge in [0, 0.05) is 0 Å². The first-order chi connectivity index (χ1) is 33.3. The molecule has 0 saturated carbocycles. The molecule has 0 radical (unpaired) electrons. The molecular weight excluding hydrogens is 841 g/mol. The molecule has 0 amide bonds. The summed E-state index contributed by atoms with van der Waals surface area (Å²) in [5.41, 5.74) is 12.9. The van der Waals surface area contributed by atoms with Gasteiger partial charge in [-0.2, -0.15) is 0 Å². The topological polar surface area (TPSA) is 0 Å². The molecule has 0 atom stereocenters. The molecule has 0 heteroatoms. The summed E-state index contributed by atoms with van der Waals surface area (Å²) in [6.07, 6.45) is 0. The molecule has 10 rings (SSSR count). The monoisotopic (exact) mass is 909 g/mol. The van der Waals surface area contributed by atoms with Crippen molar-refractivity contribution in [2.45, 2.75) is 105 Å². The van der Waals surface area contributed by atoms with E-state index in [1.807, 2.05) is 0 Å². The van der Waals surface area contributed by atoms with Crippen LogP contribution in [0.2, 0.25) is 0 Å². The summed E-state index contributed by atoms with van der Waals surface area (Å²) >= 11 is 0. The van der Waals surface area contributed by atoms with Crippen LogP contribution >= 0.6 is 0 Å². The van der Waals surface area contributed by atoms with Crippen LogP contribution < -0.4 is 10.4 Å². The molecule has 0 bridgehead atoms. The van der Waals surface area contributed by atoms with Crippen molar-refractivity contribution >= 4 is 54.2 Å². The summed E-state index contributed by atoms with van der Waals surface area (Å²) in [5, 5.41) is 15.0. The minimum absolute atomic E-state index is 0.0431. The van der Waals surface area contributed by atoms with Crippen LogP contribution in [-0.4, -0.2) is 0 Å². The maximum atomic E-state index is 2.37. The molecule has 0 heterocycles. The molecule has 0 spiro atoms. The SMILES string of the molecule is CC(C)(C)c1ccc(C(c2ccc(C(C)(C)C)cc2)=c2c3ccccc3c(=c3c4ccccc4c(=C(c4ccc(C(C)(C)C)cc4)c4ccc(C(C)(C)C)cc4)c4ccccc34)c3ccccc23)cc1. The van der Waals surface area contributed by atoms with E-state index in [1.54, 1.807) is 0 Å². The third-order valence-corrected chi connectivity index (χ3v) is 14.8. The van der Waals surface area contributed by atoms with Crippen LogP contribution in [0.5, 0.6) is 0 Å². The van der Waals surface area contributed by atoms with Crippen molar-refractivity contribution in [1.82, 2.24) is 0 Å². The molecule has 10 aromatic rings. The first-order valence-electron chi connectivity index (χ1n) is 25.3. The van der Waals surface area contributed by atoms with Crippen LogP contribution in [0.15, 0.2) is 194 Å². The standard InChI is InChI=1S/C70H68/c1-67(2,3)49-37-29-45(30-38-49)61(46-31-39-50(40-32-46)68(4,5)6)63-53-21-13-17-25-57(53)65(58-26-18-14-22-54(58)63)66-59-27-19-15-23-55(59)64(56-24-16-20-28-60(56)66)62(47-33-41-51(42-34-47)69(7,8)9)48-35-43-52(44-36-48)70(10,11)12/h13-44H,1-12H3. The molecule has 0 nitrogen and oxygen atoms in total. The fourth-order valence-electron chi connectivity index (χ4n) is 10.8. The van der Waals surface area contributed by atoms with Gasteiger partial charge in [0.2, 0.25) is 0 Å². The van der Waals surface area contributed by atoms with E-state index in [4.69, 9.17) is 0 Å². The van der Waals surface area contributed by atoms with Gasteiger partial charge in [-0.15, -0.1) is 0 Å². The van der Waals surface area contributed by atoms with Crippen LogP contribution in [0.4, 0.5) is 0 Å². The van der Waals surface area contributed by atoms with Crippen LogP contribution in [0.3, 0.4) is 0 Å². The molecular formula is C70H68. The Bertz CT molecular complexity index is 3330. The lowest BCUT2D eigenvalue weighted by Gasteiger charge is -2.22. The Morgan fingerprint density at radius 3 is 0.557 bits per heavy atom. The summed E-state index contributed by atoms with van der Waals surface area (Å²) < 4.78 is 0. The third kappa shape index (κ3) is 8.47. The van der Waals surface area contributed by atoms with Crippen LogP contribution in [0.25, 0.3) is 54.2 Å². The highest BCUT2D eigenvalue weighted by Gasteiger charge is 2.22. The molecule has 70 heavy (non-hydrogen) atoms. The highest BCUT2D eigenvalue weighted by Crippen LogP contribution is 2.35. The zero-order chi connectivity index (χ0) is 49.3. The first-order valence-corrected chi connectivity index (χ1v) is 25.3. The van der Waals surface area contributed by atoms with Gasteiger partial charge in [0.1, 0.15) is 0 Å². The Morgan fingerprint density at radius 1 is 0.214 bits per heavy atom. The van der Waals surface area contributed by atoms with Gasteiger partial charge in [0.15, 0.2) is 0 Å². The highest BCUT2D eigenvalue weighted by atomic mass is 14.3. The van der Waals surface area contributed by atoms with E-state index in [2.05, 4.69) is 277 Å². The van der Waals surface area contributed by atoms with Gasteiger partial charge in [-0.25, -0.2) is 0 Å². The van der Waals surface area contributed by atoms with Gasteiger partial charge in [-0.05, 0) is 141 Å². The lowest BCUT2D eigenvalue weighted by atomic mass is 9.82. The fourth-order valence-corrected chi connectivity index (χ4v) is 10.8. The minimum atomic E-state index is 0.0431. The fraction of sp³-hybridized carbons (Fsp3) is 0.229. The van der Waals surface area contributed by atoms with Crippen molar-refractivity contribution < 1.29 is 0 Å². The second-order valence-electron chi connectivity index (χ2n) is 23.7. The largest absolute Gasteiger partial charge is 0.0616 e. The highest BCUT2D eigenvalue weighted by molar-refractivity contribution is 6.08. The smallest absolute Gasteiger partial charge is 0.00139 e. The van der Waals surface area contributed by atoms with Crippen LogP contribution in [-0.2, 0) is 21.7 Å². The van der Waals surface area contributed by atoms with E-state index in [0.717, 1.165) is 0 Å². The normalized spacial score (nSPS) is 12.6. The van der Waals surface area contributed by atoms with Crippen molar-refractivity contribution in [3.8, 4) is 0 Å². The maximum absolute atomic E-state index is 2.37. The summed E-state index contributed by atoms with van der Waals surface area (Å²) in [5.74, 6) is 0. The predicted octanol–water partition coefficient (Wildman–Crippen LogP) is 17.3. The molecule has 0 aliphatic rings. The lowest BCUT2D eigenvalue weighted by molar-refractivity contribution is 0.590. The van der Waals surface area contributed by atoms with Gasteiger partial charge in [0.25, 0.3) is 0 Å². The molecule has 0 aliphatic carbocycles. The Balaban J connectivity index is 1.44. The Hall–Kier alpha value is -7.02. The maximum Gasteiger partial charge on any atom is -0.00139 e. The van der Waals surface area contributed by atoms with Crippen molar-refractivity contribution in [2.24, 2.45) is 0 Å². The molecule has 0 unspecified atom stereocenters. The number of benzene rings is 10. The molecule has 348 valence electrons. The first kappa shape index (κ1) is 46.7. The zero-order valence-electron chi connectivity index (χ0n) is 43.5. The minimum Gasteiger partial charge on any atom is -0.0616 e. The average molecular weight is 909 g/mol. The van der Waals surface area contributed by atoms with Crippen molar-refractivity contribution in [3.05, 3.63) is 260 Å². The van der Waals surface area contributed by atoms with E-state index in [9.17, 15) is 0 Å². The third-order valence-electron chi connectivity index (χ3n) is 14.8. The Morgan fingerprint density at radius 2 is 0.386 bits per heavy atom. The van der Waals surface area contributed by atoms with Gasteiger partial charge in [0.05, 0.1) is 0 Å². The van der Waals surface area contributed by atoms with Gasteiger partial charge in [-0.1, -0.05) is 277 Å². The second kappa shape index (κ2) is 17.4. The van der Waals surface area contributed by atoms with Crippen molar-refractivity contribution in [3.63, 3.8) is 0 Å². The Kier molecular flexibility index (Phi) is 11.6. The van der Waals surface area contributed by atoms with E-state index >= 15 is 0 Å². The summed E-state index contributed by atoms with van der Waals surface area (Å²) in [6.45, 7) is 27.6. The van der Waals surface area contributed by atoms with Gasteiger partial charge in [-0.3, -0.25) is 0 Å². The molecule has 0 fully saturated rings.